The molecule has 0 aromatic carbocycles. The summed E-state index contributed by atoms with van der Waals surface area (Å²) in [5, 5.41) is 13.7. The molecule has 0 aromatic heterocycles. The van der Waals surface area contributed by atoms with Crippen LogP contribution < -0.4 is 27.0 Å². The molecule has 1 amide bonds. The first kappa shape index (κ1) is 34.6. The molecule has 4 fully saturated rings. The summed E-state index contributed by atoms with van der Waals surface area (Å²) in [4.78, 5) is 24.0. The molecular formula is C35H65N5O3. The summed E-state index contributed by atoms with van der Waals surface area (Å²) in [5.41, 5.74) is 6.50. The van der Waals surface area contributed by atoms with E-state index >= 15 is 0 Å². The van der Waals surface area contributed by atoms with Gasteiger partial charge in [-0.3, -0.25) is 4.79 Å². The minimum absolute atomic E-state index is 0.0309. The number of fused-ring (bicyclic) bond motifs is 5. The van der Waals surface area contributed by atoms with Gasteiger partial charge in [-0.25, -0.2) is 4.79 Å². The van der Waals surface area contributed by atoms with E-state index in [2.05, 4.69) is 35.1 Å². The van der Waals surface area contributed by atoms with E-state index in [1.165, 1.54) is 71.3 Å². The number of carbonyl (C=O) groups is 2. The van der Waals surface area contributed by atoms with Gasteiger partial charge in [0, 0.05) is 25.6 Å². The summed E-state index contributed by atoms with van der Waals surface area (Å²) in [6.07, 6.45) is 17.3. The topological polar surface area (TPSA) is 118 Å². The lowest BCUT2D eigenvalue weighted by Gasteiger charge is -2.61. The molecule has 0 heterocycles. The van der Waals surface area contributed by atoms with Crippen molar-refractivity contribution < 1.29 is 14.3 Å². The normalized spacial score (nSPS) is 35.8. The van der Waals surface area contributed by atoms with Crippen LogP contribution in [0.2, 0.25) is 0 Å². The monoisotopic (exact) mass is 604 g/mol. The Morgan fingerprint density at radius 2 is 1.58 bits per heavy atom. The van der Waals surface area contributed by atoms with E-state index in [1.54, 1.807) is 6.92 Å². The van der Waals surface area contributed by atoms with E-state index < -0.39 is 6.04 Å². The van der Waals surface area contributed by atoms with Gasteiger partial charge in [0.25, 0.3) is 0 Å². The molecule has 8 nitrogen and oxygen atoms in total. The molecule has 6 N–H and O–H groups in total. The van der Waals surface area contributed by atoms with Gasteiger partial charge in [-0.15, -0.1) is 0 Å². The summed E-state index contributed by atoms with van der Waals surface area (Å²) < 4.78 is 4.74. The first-order chi connectivity index (χ1) is 20.7. The van der Waals surface area contributed by atoms with Crippen LogP contribution in [0.3, 0.4) is 0 Å². The predicted octanol–water partition coefficient (Wildman–Crippen LogP) is 4.37. The van der Waals surface area contributed by atoms with Gasteiger partial charge in [0.1, 0.15) is 6.04 Å². The summed E-state index contributed by atoms with van der Waals surface area (Å²) in [7, 11) is 1.36. The molecule has 4 saturated carbocycles. The van der Waals surface area contributed by atoms with Crippen molar-refractivity contribution in [2.75, 3.05) is 46.4 Å². The number of carbonyl (C=O) groups excluding carboxylic acids is 2. The number of hydrogen-bond acceptors (Lipinski definition) is 7. The third-order valence-electron chi connectivity index (χ3n) is 12.8. The maximum absolute atomic E-state index is 12.4. The second kappa shape index (κ2) is 16.4. The Hall–Kier alpha value is -1.22. The van der Waals surface area contributed by atoms with Gasteiger partial charge in [0.15, 0.2) is 0 Å². The van der Waals surface area contributed by atoms with E-state index in [0.717, 1.165) is 88.1 Å². The molecule has 8 heteroatoms. The molecule has 0 radical (unpaired) electrons. The average molecular weight is 604 g/mol. The minimum Gasteiger partial charge on any atom is -0.467 e. The number of methoxy groups -OCH3 is 1. The van der Waals surface area contributed by atoms with Crippen molar-refractivity contribution in [2.24, 2.45) is 46.2 Å². The van der Waals surface area contributed by atoms with Crippen LogP contribution in [0.1, 0.15) is 111 Å². The first-order valence-electron chi connectivity index (χ1n) is 17.9. The largest absolute Gasteiger partial charge is 0.467 e. The van der Waals surface area contributed by atoms with Crippen LogP contribution in [0.15, 0.2) is 0 Å². The van der Waals surface area contributed by atoms with Crippen molar-refractivity contribution in [3.8, 4) is 0 Å². The molecule has 0 aromatic rings. The fraction of sp³-hybridized carbons (Fsp3) is 0.943. The Morgan fingerprint density at radius 1 is 0.860 bits per heavy atom. The van der Waals surface area contributed by atoms with Crippen molar-refractivity contribution in [3.05, 3.63) is 0 Å². The van der Waals surface area contributed by atoms with Crippen molar-refractivity contribution in [3.63, 3.8) is 0 Å². The van der Waals surface area contributed by atoms with Crippen LogP contribution in [0.5, 0.6) is 0 Å². The maximum Gasteiger partial charge on any atom is 0.328 e. The van der Waals surface area contributed by atoms with Crippen molar-refractivity contribution in [1.29, 1.82) is 0 Å². The summed E-state index contributed by atoms with van der Waals surface area (Å²) in [6, 6.07) is 0.126. The van der Waals surface area contributed by atoms with Gasteiger partial charge in [-0.2, -0.15) is 0 Å². The van der Waals surface area contributed by atoms with Gasteiger partial charge in [0.2, 0.25) is 5.91 Å². The molecule has 0 aliphatic heterocycles. The highest BCUT2D eigenvalue weighted by Gasteiger charge is 2.59. The van der Waals surface area contributed by atoms with E-state index in [4.69, 9.17) is 10.5 Å². The van der Waals surface area contributed by atoms with Crippen LogP contribution >= 0.6 is 0 Å². The molecular weight excluding hydrogens is 538 g/mol. The quantitative estimate of drug-likeness (QED) is 0.124. The highest BCUT2D eigenvalue weighted by molar-refractivity contribution is 5.83. The molecule has 9 atom stereocenters. The van der Waals surface area contributed by atoms with E-state index in [9.17, 15) is 9.59 Å². The second-order valence-corrected chi connectivity index (χ2v) is 15.1. The zero-order valence-electron chi connectivity index (χ0n) is 28.0. The molecule has 0 spiro atoms. The highest BCUT2D eigenvalue weighted by Crippen LogP contribution is 2.67. The molecule has 0 saturated heterocycles. The molecule has 9 unspecified atom stereocenters. The third-order valence-corrected chi connectivity index (χ3v) is 12.8. The second-order valence-electron chi connectivity index (χ2n) is 15.1. The molecule has 4 aliphatic carbocycles. The summed E-state index contributed by atoms with van der Waals surface area (Å²) >= 11 is 0. The fourth-order valence-corrected chi connectivity index (χ4v) is 10.3. The maximum atomic E-state index is 12.4. The third kappa shape index (κ3) is 8.53. The highest BCUT2D eigenvalue weighted by atomic mass is 16.5. The van der Waals surface area contributed by atoms with Gasteiger partial charge in [-0.1, -0.05) is 13.8 Å². The van der Waals surface area contributed by atoms with Crippen LogP contribution in [-0.2, 0) is 14.3 Å². The lowest BCUT2D eigenvalue weighted by Crippen LogP contribution is -2.55. The Kier molecular flexibility index (Phi) is 13.2. The van der Waals surface area contributed by atoms with Crippen molar-refractivity contribution in [2.45, 2.75) is 123 Å². The number of amides is 1. The molecule has 43 heavy (non-hydrogen) atoms. The number of hydrogen-bond donors (Lipinski definition) is 5. The van der Waals surface area contributed by atoms with Gasteiger partial charge in [-0.05, 0) is 157 Å². The first-order valence-corrected chi connectivity index (χ1v) is 17.9. The average Bonchev–Trinajstić information content (AvgIpc) is 3.33. The minimum atomic E-state index is -0.574. The van der Waals surface area contributed by atoms with Gasteiger partial charge < -0.3 is 31.7 Å². The Labute approximate surface area is 262 Å². The van der Waals surface area contributed by atoms with Crippen LogP contribution in [0, 0.1) is 40.4 Å². The standard InChI is InChI=1S/C35H65N5O3/c1-25(33(42)43-4)40-32(41)9-5-8-26-11-13-30-29-12-10-27-24-28(39-21-7-20-38-23-22-37-19-6-18-36)14-16-35(27,3)31(29)15-17-34(26,30)2/h25-31,37-39H,5-24,36H2,1-4H3,(H,40,41). The van der Waals surface area contributed by atoms with Crippen molar-refractivity contribution in [1.82, 2.24) is 21.3 Å². The zero-order chi connectivity index (χ0) is 30.9. The lowest BCUT2D eigenvalue weighted by molar-refractivity contribution is -0.144. The molecule has 248 valence electrons. The van der Waals surface area contributed by atoms with E-state index in [1.807, 2.05) is 0 Å². The van der Waals surface area contributed by atoms with E-state index in [-0.39, 0.29) is 11.9 Å². The molecule has 0 bridgehead atoms. The fourth-order valence-electron chi connectivity index (χ4n) is 10.3. The van der Waals surface area contributed by atoms with Crippen LogP contribution in [0.25, 0.3) is 0 Å². The number of nitrogens with one attached hydrogen (secondary N) is 4. The zero-order valence-corrected chi connectivity index (χ0v) is 28.0. The van der Waals surface area contributed by atoms with Crippen molar-refractivity contribution >= 4 is 11.9 Å². The number of nitrogens with two attached hydrogens (primary N) is 1. The Bertz CT molecular complexity index is 888. The Morgan fingerprint density at radius 3 is 2.33 bits per heavy atom. The van der Waals surface area contributed by atoms with Crippen LogP contribution in [0.4, 0.5) is 0 Å². The van der Waals surface area contributed by atoms with Gasteiger partial charge in [0.05, 0.1) is 7.11 Å². The van der Waals surface area contributed by atoms with Crippen LogP contribution in [-0.4, -0.2) is 70.3 Å². The SMILES string of the molecule is COC(=O)C(C)NC(=O)CCCC1CCC2C3CCC4CC(NCCCNCCNCCCN)CCC4(C)C3CCC12C. The number of rotatable bonds is 17. The summed E-state index contributed by atoms with van der Waals surface area (Å²) in [6.45, 7) is 13.0. The smallest absolute Gasteiger partial charge is 0.328 e. The number of esters is 1. The number of ether oxygens (including phenoxy) is 1. The molecule has 4 aliphatic rings. The van der Waals surface area contributed by atoms with Gasteiger partial charge >= 0.3 is 5.97 Å². The summed E-state index contributed by atoms with van der Waals surface area (Å²) in [5.74, 6) is 3.86. The predicted molar refractivity (Wildman–Crippen MR) is 175 cm³/mol. The Balaban J connectivity index is 1.18. The lowest BCUT2D eigenvalue weighted by atomic mass is 9.44. The van der Waals surface area contributed by atoms with E-state index in [0.29, 0.717) is 23.3 Å². The molecule has 4 rings (SSSR count).